The highest BCUT2D eigenvalue weighted by atomic mass is 32.2. The fourth-order valence-electron chi connectivity index (χ4n) is 2.49. The lowest BCUT2D eigenvalue weighted by Gasteiger charge is -2.34. The van der Waals surface area contributed by atoms with Crippen LogP contribution in [0.5, 0.6) is 0 Å². The highest BCUT2D eigenvalue weighted by molar-refractivity contribution is 7.86. The minimum absolute atomic E-state index is 1.28. The molecule has 0 rings (SSSR count). The molecule has 0 aliphatic carbocycles. The molecule has 0 saturated heterocycles. The zero-order valence-corrected chi connectivity index (χ0v) is 17.7. The predicted molar refractivity (Wildman–Crippen MR) is 92.4 cm³/mol. The van der Waals surface area contributed by atoms with E-state index in [1.165, 1.54) is 30.7 Å². The second kappa shape index (κ2) is 13.6. The van der Waals surface area contributed by atoms with Crippen molar-refractivity contribution in [3.63, 3.8) is 0 Å². The number of rotatable bonds is 12. The fraction of sp³-hybridized carbons (Fsp3) is 1.00. The molecule has 0 aromatic rings. The minimum Gasteiger partial charge on any atom is -0.746 e. The van der Waals surface area contributed by atoms with Crippen molar-refractivity contribution >= 4 is 10.1 Å². The highest BCUT2D eigenvalue weighted by Crippen LogP contribution is 2.28. The topological polar surface area (TPSA) is 57.2 Å². The average molecular weight is 485 g/mol. The van der Waals surface area contributed by atoms with Gasteiger partial charge in [-0.05, 0) is 27.7 Å². The van der Waals surface area contributed by atoms with Gasteiger partial charge in [-0.25, -0.2) is 47.9 Å². The standard InChI is InChI=1S/C8H9F9O3S.C8H20N/c9-1(3(11)5(13)7(15)16)2(10)4(12)6(14)8(17)21(18,19)20;1-5-9(6-2,7-3)8-4/h1-8H,(H,18,19,20);5-8H2,1-4H3/q;+1/p-1. The van der Waals surface area contributed by atoms with Crippen LogP contribution in [0.2, 0.25) is 0 Å². The van der Waals surface area contributed by atoms with Gasteiger partial charge in [-0.15, -0.1) is 0 Å². The normalized spacial score (nSPS) is 19.8. The molecule has 0 fully saturated rings. The number of hydrogen-bond donors (Lipinski definition) is 0. The molecule has 0 radical (unpaired) electrons. The lowest BCUT2D eigenvalue weighted by atomic mass is 10.0. The van der Waals surface area contributed by atoms with Crippen molar-refractivity contribution < 1.29 is 57.0 Å². The van der Waals surface area contributed by atoms with Crippen molar-refractivity contribution in [3.8, 4) is 0 Å². The molecule has 0 bridgehead atoms. The molecule has 0 aliphatic heterocycles. The summed E-state index contributed by atoms with van der Waals surface area (Å²) < 4.78 is 144. The third kappa shape index (κ3) is 9.16. The van der Waals surface area contributed by atoms with E-state index >= 15 is 0 Å². The van der Waals surface area contributed by atoms with Gasteiger partial charge in [0.1, 0.15) is 10.1 Å². The molecule has 4 nitrogen and oxygen atoms in total. The first-order valence-corrected chi connectivity index (χ1v) is 10.6. The van der Waals surface area contributed by atoms with Crippen LogP contribution in [0.3, 0.4) is 0 Å². The maximum Gasteiger partial charge on any atom is 0.272 e. The van der Waals surface area contributed by atoms with Crippen LogP contribution in [0.4, 0.5) is 39.5 Å². The van der Waals surface area contributed by atoms with Crippen molar-refractivity contribution in [2.45, 2.75) is 76.7 Å². The summed E-state index contributed by atoms with van der Waals surface area (Å²) in [4.78, 5) is 0. The Morgan fingerprint density at radius 1 is 0.600 bits per heavy atom. The first-order chi connectivity index (χ1) is 13.6. The SMILES string of the molecule is CC[N+](CC)(CC)CC.O=S(=O)([O-])C(F)C(F)C(F)C(F)C(F)C(F)C(F)C(F)F. The molecule has 30 heavy (non-hydrogen) atoms. The monoisotopic (exact) mass is 485 g/mol. The number of nitrogens with zero attached hydrogens (tertiary/aromatic N) is 1. The summed E-state index contributed by atoms with van der Waals surface area (Å²) in [5, 5.41) is 0. The van der Waals surface area contributed by atoms with Crippen LogP contribution >= 0.6 is 0 Å². The largest absolute Gasteiger partial charge is 0.746 e. The molecule has 0 N–H and O–H groups in total. The van der Waals surface area contributed by atoms with Gasteiger partial charge in [0, 0.05) is 0 Å². The van der Waals surface area contributed by atoms with E-state index in [2.05, 4.69) is 27.7 Å². The molecule has 184 valence electrons. The van der Waals surface area contributed by atoms with E-state index in [0.717, 1.165) is 0 Å². The van der Waals surface area contributed by atoms with Crippen molar-refractivity contribution in [1.29, 1.82) is 0 Å². The Bertz CT molecular complexity index is 549. The Morgan fingerprint density at radius 3 is 1.07 bits per heavy atom. The molecule has 0 saturated carbocycles. The van der Waals surface area contributed by atoms with Crippen LogP contribution in [0.25, 0.3) is 0 Å². The Morgan fingerprint density at radius 2 is 0.867 bits per heavy atom. The van der Waals surface area contributed by atoms with Gasteiger partial charge in [-0.3, -0.25) is 0 Å². The summed E-state index contributed by atoms with van der Waals surface area (Å²) >= 11 is 0. The van der Waals surface area contributed by atoms with Crippen LogP contribution in [0.1, 0.15) is 27.7 Å². The fourth-order valence-corrected chi connectivity index (χ4v) is 2.96. The molecule has 7 atom stereocenters. The van der Waals surface area contributed by atoms with E-state index in [0.29, 0.717) is 0 Å². The lowest BCUT2D eigenvalue weighted by Crippen LogP contribution is -2.47. The maximum atomic E-state index is 13.0. The van der Waals surface area contributed by atoms with Crippen LogP contribution < -0.4 is 0 Å². The Hall–Kier alpha value is -0.760. The summed E-state index contributed by atoms with van der Waals surface area (Å²) in [5.41, 5.74) is -4.13. The molecule has 0 heterocycles. The van der Waals surface area contributed by atoms with Gasteiger partial charge >= 0.3 is 0 Å². The maximum absolute atomic E-state index is 13.0. The van der Waals surface area contributed by atoms with E-state index in [1.54, 1.807) is 0 Å². The second-order valence-electron chi connectivity index (χ2n) is 6.45. The van der Waals surface area contributed by atoms with Crippen LogP contribution in [0.15, 0.2) is 0 Å². The average Bonchev–Trinajstić information content (AvgIpc) is 2.71. The summed E-state index contributed by atoms with van der Waals surface area (Å²) in [6.45, 7) is 14.2. The molecule has 0 aromatic heterocycles. The third-order valence-electron chi connectivity index (χ3n) is 4.97. The van der Waals surface area contributed by atoms with E-state index in [1.807, 2.05) is 0 Å². The number of hydrogen-bond acceptors (Lipinski definition) is 3. The van der Waals surface area contributed by atoms with Crippen LogP contribution in [-0.4, -0.2) is 92.6 Å². The van der Waals surface area contributed by atoms with Gasteiger partial charge in [-0.2, -0.15) is 0 Å². The van der Waals surface area contributed by atoms with Gasteiger partial charge in [0.2, 0.25) is 5.50 Å². The zero-order valence-electron chi connectivity index (χ0n) is 16.9. The number of alkyl halides is 9. The third-order valence-corrected chi connectivity index (χ3v) is 5.78. The molecule has 7 unspecified atom stereocenters. The Balaban J connectivity index is 0. The van der Waals surface area contributed by atoms with Crippen molar-refractivity contribution in [2.24, 2.45) is 0 Å². The van der Waals surface area contributed by atoms with Gasteiger partial charge in [0.15, 0.2) is 37.0 Å². The van der Waals surface area contributed by atoms with Gasteiger partial charge < -0.3 is 9.04 Å². The minimum atomic E-state index is -6.06. The van der Waals surface area contributed by atoms with Crippen LogP contribution in [-0.2, 0) is 10.1 Å². The highest BCUT2D eigenvalue weighted by Gasteiger charge is 2.48. The lowest BCUT2D eigenvalue weighted by molar-refractivity contribution is -0.921. The quantitative estimate of drug-likeness (QED) is 0.239. The van der Waals surface area contributed by atoms with Crippen LogP contribution in [0, 0.1) is 0 Å². The molecule has 0 aromatic carbocycles. The number of halogens is 9. The van der Waals surface area contributed by atoms with E-state index in [9.17, 15) is 52.5 Å². The van der Waals surface area contributed by atoms with E-state index < -0.39 is 59.1 Å². The van der Waals surface area contributed by atoms with Crippen molar-refractivity contribution in [3.05, 3.63) is 0 Å². The molecular formula is C16H28F9NO3S. The smallest absolute Gasteiger partial charge is 0.272 e. The Kier molecular flexibility index (Phi) is 14.3. The Labute approximate surface area is 170 Å². The summed E-state index contributed by atoms with van der Waals surface area (Å²) in [6, 6.07) is 0. The first kappa shape index (κ1) is 31.4. The first-order valence-electron chi connectivity index (χ1n) is 9.13. The van der Waals surface area contributed by atoms with Gasteiger partial charge in [0.25, 0.3) is 6.43 Å². The molecule has 0 aliphatic rings. The molecule has 0 spiro atoms. The van der Waals surface area contributed by atoms with Gasteiger partial charge in [0.05, 0.1) is 26.2 Å². The zero-order chi connectivity index (χ0) is 24.4. The molecular weight excluding hydrogens is 457 g/mol. The summed E-state index contributed by atoms with van der Waals surface area (Å²) in [5.74, 6) is 0. The van der Waals surface area contributed by atoms with Crippen molar-refractivity contribution in [2.75, 3.05) is 26.2 Å². The predicted octanol–water partition coefficient (Wildman–Crippen LogP) is 4.00. The molecule has 0 amide bonds. The summed E-state index contributed by atoms with van der Waals surface area (Å²) in [7, 11) is -6.06. The van der Waals surface area contributed by atoms with Gasteiger partial charge in [-0.1, -0.05) is 0 Å². The van der Waals surface area contributed by atoms with E-state index in [4.69, 9.17) is 0 Å². The number of quaternary nitrogens is 1. The molecule has 14 heteroatoms. The van der Waals surface area contributed by atoms with Crippen molar-refractivity contribution in [1.82, 2.24) is 0 Å². The summed E-state index contributed by atoms with van der Waals surface area (Å²) in [6.07, 6.45) is -27.9. The second-order valence-corrected chi connectivity index (χ2v) is 7.89. The van der Waals surface area contributed by atoms with E-state index in [-0.39, 0.29) is 0 Å².